The number of nitrogens with zero attached hydrogens (tertiary/aromatic N) is 2. The molecule has 0 N–H and O–H groups in total. The lowest BCUT2D eigenvalue weighted by Gasteiger charge is -2.10. The van der Waals surface area contributed by atoms with Crippen molar-refractivity contribution in [1.29, 1.82) is 0 Å². The molecule has 5 aromatic carbocycles. The summed E-state index contributed by atoms with van der Waals surface area (Å²) in [5.41, 5.74) is 8.19. The van der Waals surface area contributed by atoms with Gasteiger partial charge >= 0.3 is 0 Å². The summed E-state index contributed by atoms with van der Waals surface area (Å²) in [5.74, 6) is 0.958. The van der Waals surface area contributed by atoms with Crippen molar-refractivity contribution >= 4 is 42.5 Å². The number of hydrogen-bond donors (Lipinski definition) is 0. The highest BCUT2D eigenvalue weighted by Crippen LogP contribution is 2.41. The zero-order chi connectivity index (χ0) is 23.4. The molecule has 0 aliphatic rings. The number of imidazole rings is 1. The molecule has 0 spiro atoms. The molecule has 0 radical (unpaired) electrons. The van der Waals surface area contributed by atoms with Crippen LogP contribution in [0.5, 0.6) is 0 Å². The molecule has 0 fully saturated rings. The van der Waals surface area contributed by atoms with Crippen LogP contribution in [0.4, 0.5) is 0 Å². The highest BCUT2D eigenvalue weighted by Gasteiger charge is 2.15. The van der Waals surface area contributed by atoms with Crippen LogP contribution in [0.25, 0.3) is 59.4 Å². The van der Waals surface area contributed by atoms with Crippen molar-refractivity contribution in [2.75, 3.05) is 0 Å². The maximum Gasteiger partial charge on any atom is 0.145 e. The number of thiophene rings is 1. The molecule has 7 rings (SSSR count). The van der Waals surface area contributed by atoms with Crippen molar-refractivity contribution in [1.82, 2.24) is 9.55 Å². The molecule has 0 bridgehead atoms. The molecule has 2 nitrogen and oxygen atoms in total. The number of aromatic nitrogens is 2. The summed E-state index contributed by atoms with van der Waals surface area (Å²) in [6, 6.07) is 40.9. The third-order valence-electron chi connectivity index (χ3n) is 6.75. The number of para-hydroxylation sites is 3. The van der Waals surface area contributed by atoms with Gasteiger partial charge in [0, 0.05) is 31.4 Å². The largest absolute Gasteiger partial charge is 0.292 e. The Bertz CT molecular complexity index is 1840. The highest BCUT2D eigenvalue weighted by molar-refractivity contribution is 7.26. The van der Waals surface area contributed by atoms with Gasteiger partial charge in [0.1, 0.15) is 5.82 Å². The second-order valence-electron chi connectivity index (χ2n) is 8.91. The molecule has 7 aromatic rings. The van der Waals surface area contributed by atoms with E-state index in [2.05, 4.69) is 115 Å². The van der Waals surface area contributed by atoms with Gasteiger partial charge in [0.25, 0.3) is 0 Å². The van der Waals surface area contributed by atoms with Crippen LogP contribution in [0.2, 0.25) is 0 Å². The third-order valence-corrected chi connectivity index (χ3v) is 8.14. The van der Waals surface area contributed by atoms with E-state index in [1.54, 1.807) is 0 Å². The quantitative estimate of drug-likeness (QED) is 0.254. The smallest absolute Gasteiger partial charge is 0.145 e. The fourth-order valence-corrected chi connectivity index (χ4v) is 6.35. The Morgan fingerprint density at radius 2 is 1.29 bits per heavy atom. The Balaban J connectivity index is 1.38. The predicted octanol–water partition coefficient (Wildman–Crippen LogP) is 9.04. The molecular weight excluding hydrogens is 444 g/mol. The Labute approximate surface area is 207 Å². The lowest BCUT2D eigenvalue weighted by molar-refractivity contribution is 1.10. The Morgan fingerprint density at radius 3 is 2.11 bits per heavy atom. The fourth-order valence-electron chi connectivity index (χ4n) is 5.05. The summed E-state index contributed by atoms with van der Waals surface area (Å²) in [7, 11) is 0. The van der Waals surface area contributed by atoms with Gasteiger partial charge in [-0.2, -0.15) is 0 Å². The number of fused-ring (bicyclic) bond motifs is 4. The van der Waals surface area contributed by atoms with E-state index in [-0.39, 0.29) is 0 Å². The Kier molecular flexibility index (Phi) is 4.58. The van der Waals surface area contributed by atoms with Crippen molar-refractivity contribution in [3.63, 3.8) is 0 Å². The predicted molar refractivity (Wildman–Crippen MR) is 150 cm³/mol. The van der Waals surface area contributed by atoms with Gasteiger partial charge in [-0.15, -0.1) is 11.3 Å². The minimum Gasteiger partial charge on any atom is -0.292 e. The summed E-state index contributed by atoms with van der Waals surface area (Å²) in [6.45, 7) is 2.20. The average Bonchev–Trinajstić information content (AvgIpc) is 3.49. The minimum absolute atomic E-state index is 0.958. The second-order valence-corrected chi connectivity index (χ2v) is 9.93. The first-order valence-corrected chi connectivity index (χ1v) is 12.6. The first-order chi connectivity index (χ1) is 17.3. The molecule has 166 valence electrons. The van der Waals surface area contributed by atoms with Crippen molar-refractivity contribution in [2.24, 2.45) is 0 Å². The maximum absolute atomic E-state index is 5.02. The van der Waals surface area contributed by atoms with E-state index in [9.17, 15) is 0 Å². The van der Waals surface area contributed by atoms with E-state index in [1.165, 1.54) is 36.9 Å². The summed E-state index contributed by atoms with van der Waals surface area (Å²) in [5, 5.41) is 2.68. The van der Waals surface area contributed by atoms with Gasteiger partial charge in [-0.3, -0.25) is 4.57 Å². The van der Waals surface area contributed by atoms with E-state index in [0.717, 1.165) is 28.1 Å². The van der Waals surface area contributed by atoms with Gasteiger partial charge in [0.2, 0.25) is 0 Å². The fraction of sp³-hybridized carbons (Fsp3) is 0.0312. The molecule has 0 aliphatic carbocycles. The van der Waals surface area contributed by atoms with E-state index in [0.29, 0.717) is 0 Å². The van der Waals surface area contributed by atoms with Gasteiger partial charge in [-0.05, 0) is 47.9 Å². The van der Waals surface area contributed by atoms with Crippen molar-refractivity contribution < 1.29 is 0 Å². The second kappa shape index (κ2) is 7.93. The average molecular weight is 467 g/mol. The van der Waals surface area contributed by atoms with Crippen LogP contribution < -0.4 is 0 Å². The SMILES string of the molecule is Cc1cccc2c1sc1c(-c3ccc(-c4nc5ccccc5n4-c4ccccc4)cc3)cccc12. The molecular formula is C32H22N2S. The summed E-state index contributed by atoms with van der Waals surface area (Å²) in [6.07, 6.45) is 0. The van der Waals surface area contributed by atoms with Crippen molar-refractivity contribution in [2.45, 2.75) is 6.92 Å². The highest BCUT2D eigenvalue weighted by atomic mass is 32.1. The molecule has 35 heavy (non-hydrogen) atoms. The van der Waals surface area contributed by atoms with Crippen LogP contribution in [0.15, 0.2) is 115 Å². The molecule has 2 aromatic heterocycles. The zero-order valence-corrected chi connectivity index (χ0v) is 20.1. The van der Waals surface area contributed by atoms with Crippen LogP contribution in [-0.4, -0.2) is 9.55 Å². The Hall–Kier alpha value is -4.21. The molecule has 3 heteroatoms. The van der Waals surface area contributed by atoms with E-state index in [1.807, 2.05) is 23.5 Å². The first kappa shape index (κ1) is 20.2. The minimum atomic E-state index is 0.958. The van der Waals surface area contributed by atoms with Crippen molar-refractivity contribution in [3.05, 3.63) is 121 Å². The van der Waals surface area contributed by atoms with Crippen LogP contribution in [-0.2, 0) is 0 Å². The molecule has 0 saturated heterocycles. The topological polar surface area (TPSA) is 17.8 Å². The normalized spacial score (nSPS) is 11.6. The van der Waals surface area contributed by atoms with Gasteiger partial charge in [0.15, 0.2) is 0 Å². The van der Waals surface area contributed by atoms with Gasteiger partial charge < -0.3 is 0 Å². The number of rotatable bonds is 3. The zero-order valence-electron chi connectivity index (χ0n) is 19.3. The van der Waals surface area contributed by atoms with Crippen LogP contribution in [0.1, 0.15) is 5.56 Å². The maximum atomic E-state index is 5.02. The lowest BCUT2D eigenvalue weighted by atomic mass is 10.0. The third kappa shape index (κ3) is 3.20. The Morgan fingerprint density at radius 1 is 0.600 bits per heavy atom. The molecule has 0 aliphatic heterocycles. The van der Waals surface area contributed by atoms with Crippen LogP contribution in [0.3, 0.4) is 0 Å². The van der Waals surface area contributed by atoms with Gasteiger partial charge in [-0.1, -0.05) is 91.0 Å². The molecule has 2 heterocycles. The number of benzene rings is 5. The molecule has 0 atom stereocenters. The summed E-state index contributed by atoms with van der Waals surface area (Å²) < 4.78 is 4.98. The summed E-state index contributed by atoms with van der Waals surface area (Å²) >= 11 is 1.90. The van der Waals surface area contributed by atoms with Crippen LogP contribution in [0, 0.1) is 6.92 Å². The van der Waals surface area contributed by atoms with Gasteiger partial charge in [0.05, 0.1) is 11.0 Å². The molecule has 0 unspecified atom stereocenters. The van der Waals surface area contributed by atoms with Crippen LogP contribution >= 0.6 is 11.3 Å². The monoisotopic (exact) mass is 466 g/mol. The molecule has 0 saturated carbocycles. The van der Waals surface area contributed by atoms with Crippen molar-refractivity contribution in [3.8, 4) is 28.2 Å². The standard InChI is InChI=1S/C32H22N2S/c1-21-9-7-13-26-27-14-8-12-25(31(27)35-30(21)26)22-17-19-23(20-18-22)32-33-28-15-5-6-16-29(28)34(32)24-10-3-2-4-11-24/h2-20H,1H3. The lowest BCUT2D eigenvalue weighted by Crippen LogP contribution is -1.97. The first-order valence-electron chi connectivity index (χ1n) is 11.8. The number of aryl methyl sites for hydroxylation is 1. The van der Waals surface area contributed by atoms with E-state index in [4.69, 9.17) is 4.98 Å². The van der Waals surface area contributed by atoms with Gasteiger partial charge in [-0.25, -0.2) is 4.98 Å². The number of hydrogen-bond acceptors (Lipinski definition) is 2. The summed E-state index contributed by atoms with van der Waals surface area (Å²) in [4.78, 5) is 5.02. The van der Waals surface area contributed by atoms with E-state index < -0.39 is 0 Å². The van der Waals surface area contributed by atoms with E-state index >= 15 is 0 Å². The molecule has 0 amide bonds.